The van der Waals surface area contributed by atoms with Gasteiger partial charge < -0.3 is 4.74 Å². The number of rotatable bonds is 4. The molecule has 94 valence electrons. The van der Waals surface area contributed by atoms with E-state index in [0.29, 0.717) is 19.5 Å². The van der Waals surface area contributed by atoms with Crippen LogP contribution in [0.4, 0.5) is 8.78 Å². The monoisotopic (exact) mass is 235 g/mol. The van der Waals surface area contributed by atoms with Crippen molar-refractivity contribution in [1.29, 1.82) is 0 Å². The summed E-state index contributed by atoms with van der Waals surface area (Å²) in [5, 5.41) is 0. The Bertz CT molecular complexity index is 244. The minimum Gasteiger partial charge on any atom is -0.464 e. The van der Waals surface area contributed by atoms with Crippen molar-refractivity contribution in [3.05, 3.63) is 0 Å². The van der Waals surface area contributed by atoms with E-state index in [-0.39, 0.29) is 31.5 Å². The van der Waals surface area contributed by atoms with Crippen LogP contribution in [-0.4, -0.2) is 43.0 Å². The summed E-state index contributed by atoms with van der Waals surface area (Å²) in [5.41, 5.74) is 0. The molecule has 0 aromatic heterocycles. The number of ether oxygens (including phenoxy) is 1. The van der Waals surface area contributed by atoms with Gasteiger partial charge in [-0.3, -0.25) is 9.69 Å². The SMILES string of the molecule is CC(C)C(=O)OCCN1CCCC(F)(F)C1. The van der Waals surface area contributed by atoms with Crippen LogP contribution >= 0.6 is 0 Å². The lowest BCUT2D eigenvalue weighted by molar-refractivity contribution is -0.148. The van der Waals surface area contributed by atoms with Crippen LogP contribution in [0.2, 0.25) is 0 Å². The zero-order valence-electron chi connectivity index (χ0n) is 9.84. The number of hydrogen-bond acceptors (Lipinski definition) is 3. The fourth-order valence-electron chi connectivity index (χ4n) is 1.68. The molecule has 3 nitrogen and oxygen atoms in total. The number of carbonyl (C=O) groups is 1. The van der Waals surface area contributed by atoms with E-state index in [0.717, 1.165) is 0 Å². The minimum absolute atomic E-state index is 0.0325. The molecule has 1 saturated heterocycles. The summed E-state index contributed by atoms with van der Waals surface area (Å²) in [6.45, 7) is 4.54. The fraction of sp³-hybridized carbons (Fsp3) is 0.909. The lowest BCUT2D eigenvalue weighted by Crippen LogP contribution is -2.44. The lowest BCUT2D eigenvalue weighted by atomic mass is 10.1. The average molecular weight is 235 g/mol. The van der Waals surface area contributed by atoms with Gasteiger partial charge in [-0.05, 0) is 13.0 Å². The van der Waals surface area contributed by atoms with Gasteiger partial charge >= 0.3 is 5.97 Å². The molecule has 0 aromatic carbocycles. The Morgan fingerprint density at radius 2 is 2.19 bits per heavy atom. The largest absolute Gasteiger partial charge is 0.464 e. The van der Waals surface area contributed by atoms with Crippen LogP contribution < -0.4 is 0 Å². The molecule has 1 aliphatic heterocycles. The quantitative estimate of drug-likeness (QED) is 0.697. The van der Waals surface area contributed by atoms with Gasteiger partial charge in [0.1, 0.15) is 6.61 Å². The van der Waals surface area contributed by atoms with Crippen molar-refractivity contribution in [2.24, 2.45) is 5.92 Å². The van der Waals surface area contributed by atoms with Crippen LogP contribution in [0.1, 0.15) is 26.7 Å². The first-order chi connectivity index (χ1) is 7.41. The third-order valence-electron chi connectivity index (χ3n) is 2.60. The first-order valence-corrected chi connectivity index (χ1v) is 5.67. The van der Waals surface area contributed by atoms with Gasteiger partial charge in [0.25, 0.3) is 5.92 Å². The van der Waals surface area contributed by atoms with Gasteiger partial charge in [0.15, 0.2) is 0 Å². The number of nitrogens with zero attached hydrogens (tertiary/aromatic N) is 1. The van der Waals surface area contributed by atoms with Gasteiger partial charge in [0.2, 0.25) is 0 Å². The van der Waals surface area contributed by atoms with Gasteiger partial charge in [0, 0.05) is 13.0 Å². The Morgan fingerprint density at radius 3 is 2.75 bits per heavy atom. The highest BCUT2D eigenvalue weighted by atomic mass is 19.3. The molecule has 0 radical (unpaired) electrons. The zero-order chi connectivity index (χ0) is 12.2. The van der Waals surface area contributed by atoms with E-state index in [1.807, 2.05) is 0 Å². The van der Waals surface area contributed by atoms with Gasteiger partial charge in [-0.15, -0.1) is 0 Å². The van der Waals surface area contributed by atoms with Gasteiger partial charge in [-0.25, -0.2) is 8.78 Å². The second-order valence-electron chi connectivity index (χ2n) is 4.56. The minimum atomic E-state index is -2.58. The lowest BCUT2D eigenvalue weighted by Gasteiger charge is -2.32. The van der Waals surface area contributed by atoms with Crippen LogP contribution in [0.5, 0.6) is 0 Å². The molecule has 1 heterocycles. The highest BCUT2D eigenvalue weighted by Crippen LogP contribution is 2.26. The number of likely N-dealkylation sites (tertiary alicyclic amines) is 1. The molecule has 16 heavy (non-hydrogen) atoms. The Kier molecular flexibility index (Phi) is 4.65. The molecule has 1 fully saturated rings. The molecule has 0 aromatic rings. The Morgan fingerprint density at radius 1 is 1.50 bits per heavy atom. The third-order valence-corrected chi connectivity index (χ3v) is 2.60. The predicted molar refractivity (Wildman–Crippen MR) is 56.4 cm³/mol. The van der Waals surface area contributed by atoms with Gasteiger partial charge in [-0.2, -0.15) is 0 Å². The Labute approximate surface area is 94.7 Å². The highest BCUT2D eigenvalue weighted by Gasteiger charge is 2.34. The van der Waals surface area contributed by atoms with Crippen molar-refractivity contribution in [1.82, 2.24) is 4.90 Å². The van der Waals surface area contributed by atoms with Crippen molar-refractivity contribution < 1.29 is 18.3 Å². The molecule has 0 aliphatic carbocycles. The highest BCUT2D eigenvalue weighted by molar-refractivity contribution is 5.71. The van der Waals surface area contributed by atoms with Crippen LogP contribution in [0.3, 0.4) is 0 Å². The van der Waals surface area contributed by atoms with Crippen molar-refractivity contribution >= 4 is 5.97 Å². The summed E-state index contributed by atoms with van der Waals surface area (Å²) in [6, 6.07) is 0. The molecule has 0 bridgehead atoms. The maximum absolute atomic E-state index is 13.0. The summed E-state index contributed by atoms with van der Waals surface area (Å²) in [5.74, 6) is -3.02. The van der Waals surface area contributed by atoms with E-state index in [2.05, 4.69) is 0 Å². The molecular formula is C11H19F2NO2. The summed E-state index contributed by atoms with van der Waals surface area (Å²) < 4.78 is 31.0. The first kappa shape index (κ1) is 13.4. The molecule has 0 amide bonds. The molecule has 0 atom stereocenters. The number of carbonyl (C=O) groups excluding carboxylic acids is 1. The van der Waals surface area contributed by atoms with E-state index < -0.39 is 5.92 Å². The second kappa shape index (κ2) is 5.57. The predicted octanol–water partition coefficient (Wildman–Crippen LogP) is 1.92. The molecule has 0 N–H and O–H groups in total. The number of esters is 1. The summed E-state index contributed by atoms with van der Waals surface area (Å²) in [4.78, 5) is 12.8. The van der Waals surface area contributed by atoms with Gasteiger partial charge in [0.05, 0.1) is 12.5 Å². The van der Waals surface area contributed by atoms with Gasteiger partial charge in [-0.1, -0.05) is 13.8 Å². The summed E-state index contributed by atoms with van der Waals surface area (Å²) >= 11 is 0. The van der Waals surface area contributed by atoms with E-state index in [4.69, 9.17) is 4.74 Å². The number of alkyl halides is 2. The normalized spacial score (nSPS) is 21.1. The number of piperidine rings is 1. The van der Waals surface area contributed by atoms with Crippen LogP contribution in [0.15, 0.2) is 0 Å². The molecule has 0 spiro atoms. The fourth-order valence-corrected chi connectivity index (χ4v) is 1.68. The van der Waals surface area contributed by atoms with Crippen LogP contribution in [0, 0.1) is 5.92 Å². The standard InChI is InChI=1S/C11H19F2NO2/c1-9(2)10(15)16-7-6-14-5-3-4-11(12,13)8-14/h9H,3-8H2,1-2H3. The Hall–Kier alpha value is -0.710. The van der Waals surface area contributed by atoms with Crippen LogP contribution in [0.25, 0.3) is 0 Å². The van der Waals surface area contributed by atoms with Crippen molar-refractivity contribution in [2.75, 3.05) is 26.2 Å². The second-order valence-corrected chi connectivity index (χ2v) is 4.56. The topological polar surface area (TPSA) is 29.5 Å². The van der Waals surface area contributed by atoms with Crippen molar-refractivity contribution in [3.63, 3.8) is 0 Å². The molecule has 0 saturated carbocycles. The van der Waals surface area contributed by atoms with E-state index in [1.165, 1.54) is 0 Å². The average Bonchev–Trinajstić information content (AvgIpc) is 2.15. The molecule has 5 heteroatoms. The van der Waals surface area contributed by atoms with Crippen molar-refractivity contribution in [3.8, 4) is 0 Å². The maximum atomic E-state index is 13.0. The number of hydrogen-bond donors (Lipinski definition) is 0. The molecule has 1 aliphatic rings. The zero-order valence-corrected chi connectivity index (χ0v) is 9.84. The van der Waals surface area contributed by atoms with E-state index >= 15 is 0 Å². The molecule has 0 unspecified atom stereocenters. The number of halogens is 2. The molecule has 1 rings (SSSR count). The maximum Gasteiger partial charge on any atom is 0.308 e. The van der Waals surface area contributed by atoms with Crippen LogP contribution in [-0.2, 0) is 9.53 Å². The van der Waals surface area contributed by atoms with E-state index in [1.54, 1.807) is 18.7 Å². The van der Waals surface area contributed by atoms with E-state index in [9.17, 15) is 13.6 Å². The Balaban J connectivity index is 2.20. The smallest absolute Gasteiger partial charge is 0.308 e. The summed E-state index contributed by atoms with van der Waals surface area (Å²) in [7, 11) is 0. The molecular weight excluding hydrogens is 216 g/mol. The van der Waals surface area contributed by atoms with Crippen molar-refractivity contribution in [2.45, 2.75) is 32.6 Å². The summed E-state index contributed by atoms with van der Waals surface area (Å²) in [6.07, 6.45) is 0.473. The third kappa shape index (κ3) is 4.43. The first-order valence-electron chi connectivity index (χ1n) is 5.67.